The molecule has 2 atom stereocenters. The lowest BCUT2D eigenvalue weighted by Gasteiger charge is -2.34. The van der Waals surface area contributed by atoms with Crippen molar-refractivity contribution in [1.82, 2.24) is 20.4 Å². The fraction of sp³-hybridized carbons (Fsp3) is 0.320. The van der Waals surface area contributed by atoms with Crippen LogP contribution in [0.3, 0.4) is 0 Å². The Kier molecular flexibility index (Phi) is 13.3. The van der Waals surface area contributed by atoms with Gasteiger partial charge in [-0.25, -0.2) is 9.59 Å². The van der Waals surface area contributed by atoms with Gasteiger partial charge in [-0.15, -0.1) is 0 Å². The number of nitriles is 2. The van der Waals surface area contributed by atoms with Gasteiger partial charge >= 0.3 is 24.4 Å². The quantitative estimate of drug-likeness (QED) is 0.0894. The summed E-state index contributed by atoms with van der Waals surface area (Å²) in [5, 5.41) is 24.2. The molecule has 0 spiro atoms. The third kappa shape index (κ3) is 9.62. The lowest BCUT2D eigenvalue weighted by Crippen LogP contribution is -2.47. The Labute approximate surface area is 387 Å². The third-order valence-corrected chi connectivity index (χ3v) is 12.6. The summed E-state index contributed by atoms with van der Waals surface area (Å²) in [4.78, 5) is 60.7. The average Bonchev–Trinajstić information content (AvgIpc) is 3.83. The number of nitrogens with one attached hydrogen (secondary N) is 2. The Morgan fingerprint density at radius 1 is 0.515 bits per heavy atom. The van der Waals surface area contributed by atoms with Gasteiger partial charge in [0.15, 0.2) is 0 Å². The Balaban J connectivity index is 0.839. The molecule has 0 aliphatic carbocycles. The summed E-state index contributed by atoms with van der Waals surface area (Å²) < 4.78 is 82.2. The SMILES string of the molecule is N#Cc1ccc([C@H]2NC(=O)N(c3cccc(C(F)(F)F)c3)C3=C2C(=O)N(CCCCCCCCCCN2CC4=C(C2=O)[C@@H](c2ccc(C#N)cc2)NC(=O)N4c2cccc(C(F)(F)F)c2)C3)cc1. The van der Waals surface area contributed by atoms with E-state index in [1.807, 2.05) is 12.1 Å². The van der Waals surface area contributed by atoms with E-state index in [4.69, 9.17) is 0 Å². The largest absolute Gasteiger partial charge is 0.416 e. The second-order valence-corrected chi connectivity index (χ2v) is 17.0. The Bertz CT molecular complexity index is 2580. The fourth-order valence-electron chi connectivity index (χ4n) is 9.21. The molecule has 0 radical (unpaired) electrons. The van der Waals surface area contributed by atoms with Crippen LogP contribution in [0.4, 0.5) is 47.3 Å². The molecule has 0 aromatic heterocycles. The van der Waals surface area contributed by atoms with Gasteiger partial charge in [-0.1, -0.05) is 74.9 Å². The minimum Gasteiger partial charge on any atom is -0.333 e. The van der Waals surface area contributed by atoms with E-state index >= 15 is 0 Å². The summed E-state index contributed by atoms with van der Waals surface area (Å²) in [5.74, 6) is -0.676. The summed E-state index contributed by atoms with van der Waals surface area (Å²) in [6, 6.07) is 22.5. The van der Waals surface area contributed by atoms with Crippen LogP contribution >= 0.6 is 0 Å². The van der Waals surface area contributed by atoms with Crippen LogP contribution in [0.1, 0.15) is 96.8 Å². The molecule has 0 unspecified atom stereocenters. The zero-order chi connectivity index (χ0) is 48.3. The molecule has 350 valence electrons. The van der Waals surface area contributed by atoms with Crippen LogP contribution in [0.5, 0.6) is 0 Å². The number of unbranched alkanes of at least 4 members (excludes halogenated alkanes) is 7. The number of benzene rings is 4. The number of alkyl halides is 6. The van der Waals surface area contributed by atoms with Crippen molar-refractivity contribution in [1.29, 1.82) is 10.5 Å². The number of hydrogen-bond donors (Lipinski definition) is 2. The topological polar surface area (TPSA) is 153 Å². The van der Waals surface area contributed by atoms with Gasteiger partial charge in [0.05, 0.1) is 93.5 Å². The van der Waals surface area contributed by atoms with E-state index in [0.29, 0.717) is 59.6 Å². The molecule has 68 heavy (non-hydrogen) atoms. The fourth-order valence-corrected chi connectivity index (χ4v) is 9.21. The van der Waals surface area contributed by atoms with E-state index in [2.05, 4.69) is 10.6 Å². The molecule has 4 aliphatic rings. The highest BCUT2D eigenvalue weighted by Crippen LogP contribution is 2.42. The molecule has 0 saturated carbocycles. The number of urea groups is 2. The molecule has 0 bridgehead atoms. The maximum atomic E-state index is 14.0. The Hall–Kier alpha value is -7.60. The predicted molar refractivity (Wildman–Crippen MR) is 237 cm³/mol. The number of anilines is 2. The van der Waals surface area contributed by atoms with Crippen molar-refractivity contribution in [2.45, 2.75) is 75.8 Å². The zero-order valence-corrected chi connectivity index (χ0v) is 36.5. The molecule has 4 heterocycles. The molecular weight excluding hydrogens is 891 g/mol. The number of amides is 6. The Morgan fingerprint density at radius 3 is 1.21 bits per heavy atom. The molecule has 4 aliphatic heterocycles. The first-order valence-electron chi connectivity index (χ1n) is 22.2. The van der Waals surface area contributed by atoms with E-state index in [1.54, 1.807) is 58.3 Å². The van der Waals surface area contributed by atoms with Gasteiger partial charge in [-0.2, -0.15) is 36.9 Å². The molecule has 4 aromatic rings. The van der Waals surface area contributed by atoms with Crippen LogP contribution in [-0.2, 0) is 21.9 Å². The van der Waals surface area contributed by atoms with Gasteiger partial charge in [0.25, 0.3) is 11.8 Å². The summed E-state index contributed by atoms with van der Waals surface area (Å²) in [7, 11) is 0. The van der Waals surface area contributed by atoms with Crippen molar-refractivity contribution in [3.8, 4) is 12.1 Å². The van der Waals surface area contributed by atoms with Crippen molar-refractivity contribution in [2.24, 2.45) is 0 Å². The molecule has 4 aromatic carbocycles. The number of nitrogens with zero attached hydrogens (tertiary/aromatic N) is 6. The van der Waals surface area contributed by atoms with E-state index < -0.39 is 47.6 Å². The lowest BCUT2D eigenvalue weighted by atomic mass is 9.94. The van der Waals surface area contributed by atoms with Crippen molar-refractivity contribution in [2.75, 3.05) is 36.0 Å². The second kappa shape index (κ2) is 19.3. The number of hydrogen-bond acceptors (Lipinski definition) is 6. The van der Waals surface area contributed by atoms with Crippen LogP contribution < -0.4 is 20.4 Å². The lowest BCUT2D eigenvalue weighted by molar-refractivity contribution is -0.138. The summed E-state index contributed by atoms with van der Waals surface area (Å²) in [6.45, 7) is 0.761. The normalized spacial score (nSPS) is 18.4. The molecule has 0 fully saturated rings. The molecule has 2 N–H and O–H groups in total. The van der Waals surface area contributed by atoms with Crippen LogP contribution in [0.2, 0.25) is 0 Å². The highest BCUT2D eigenvalue weighted by atomic mass is 19.4. The van der Waals surface area contributed by atoms with E-state index in [9.17, 15) is 56.0 Å². The minimum atomic E-state index is -4.65. The average molecular weight is 935 g/mol. The molecule has 0 saturated heterocycles. The highest BCUT2D eigenvalue weighted by molar-refractivity contribution is 6.08. The second-order valence-electron chi connectivity index (χ2n) is 17.0. The van der Waals surface area contributed by atoms with Gasteiger partial charge in [0.2, 0.25) is 0 Å². The van der Waals surface area contributed by atoms with E-state index in [1.165, 1.54) is 24.3 Å². The summed E-state index contributed by atoms with van der Waals surface area (Å²) in [6.07, 6.45) is -2.91. The van der Waals surface area contributed by atoms with Gasteiger partial charge < -0.3 is 20.4 Å². The Morgan fingerprint density at radius 2 is 0.868 bits per heavy atom. The van der Waals surface area contributed by atoms with Crippen LogP contribution in [0.25, 0.3) is 0 Å². The molecular formula is C50H44F6N8O4. The molecule has 18 heteroatoms. The van der Waals surface area contributed by atoms with Crippen LogP contribution in [0.15, 0.2) is 120 Å². The van der Waals surface area contributed by atoms with Gasteiger partial charge in [-0.3, -0.25) is 19.4 Å². The van der Waals surface area contributed by atoms with Crippen LogP contribution in [-0.4, -0.2) is 59.9 Å². The smallest absolute Gasteiger partial charge is 0.333 e. The van der Waals surface area contributed by atoms with Crippen molar-refractivity contribution < 1.29 is 45.5 Å². The standard InChI is InChI=1S/C50H44F6N8O4/c51-49(52,53)35-11-9-13-37(25-35)63-39-29-61(45(65)41(39)43(59-47(63)67)33-19-15-31(27-57)16-20-33)23-7-5-3-1-2-4-6-8-24-62-30-40-42(46(62)66)44(34-21-17-32(28-58)18-22-34)60-48(68)64(40)38-14-10-12-36(26-38)50(54,55)56/h9-22,25-26,43-44H,1-8,23-24,29-30H2,(H,59,67)(H,60,68)/t43-,44-/m1/s1. The van der Waals surface area contributed by atoms with Gasteiger partial charge in [0, 0.05) is 13.1 Å². The first kappa shape index (κ1) is 46.9. The molecule has 8 rings (SSSR count). The number of rotatable bonds is 15. The number of halogens is 6. The predicted octanol–water partition coefficient (Wildman–Crippen LogP) is 10.0. The minimum absolute atomic E-state index is 0.0226. The van der Waals surface area contributed by atoms with Gasteiger partial charge in [0.1, 0.15) is 0 Å². The monoisotopic (exact) mass is 934 g/mol. The zero-order valence-electron chi connectivity index (χ0n) is 36.5. The van der Waals surface area contributed by atoms with E-state index in [-0.39, 0.29) is 47.4 Å². The first-order chi connectivity index (χ1) is 32.6. The summed E-state index contributed by atoms with van der Waals surface area (Å²) >= 11 is 0. The van der Waals surface area contributed by atoms with Crippen molar-refractivity contribution in [3.05, 3.63) is 153 Å². The highest BCUT2D eigenvalue weighted by Gasteiger charge is 2.47. The maximum Gasteiger partial charge on any atom is 0.416 e. The van der Waals surface area contributed by atoms with Crippen LogP contribution in [0, 0.1) is 22.7 Å². The maximum absolute atomic E-state index is 14.0. The first-order valence-corrected chi connectivity index (χ1v) is 22.2. The number of carbonyl (C=O) groups is 4. The molecule has 6 amide bonds. The third-order valence-electron chi connectivity index (χ3n) is 12.6. The van der Waals surface area contributed by atoms with E-state index in [0.717, 1.165) is 72.6 Å². The summed E-state index contributed by atoms with van der Waals surface area (Å²) in [5.41, 5.74) is 1.04. The van der Waals surface area contributed by atoms with Crippen molar-refractivity contribution in [3.63, 3.8) is 0 Å². The van der Waals surface area contributed by atoms with Crippen molar-refractivity contribution >= 4 is 35.3 Å². The molecule has 12 nitrogen and oxygen atoms in total. The van der Waals surface area contributed by atoms with Gasteiger partial charge in [-0.05, 0) is 84.6 Å². The number of carbonyl (C=O) groups excluding carboxylic acids is 4.